The third kappa shape index (κ3) is 6.17. The Labute approximate surface area is 160 Å². The van der Waals surface area contributed by atoms with Crippen LogP contribution in [0, 0.1) is 12.7 Å². The highest BCUT2D eigenvalue weighted by Crippen LogP contribution is 2.15. The van der Waals surface area contributed by atoms with Crippen molar-refractivity contribution in [3.05, 3.63) is 101 Å². The molecule has 0 saturated carbocycles. The number of rotatable bonds is 7. The van der Waals surface area contributed by atoms with Crippen molar-refractivity contribution < 1.29 is 9.13 Å². The number of aryl methyl sites for hydroxylation is 1. The summed E-state index contributed by atoms with van der Waals surface area (Å²) in [6.07, 6.45) is 0. The number of benzene rings is 3. The fraction of sp³-hybridized carbons (Fsp3) is 0.182. The molecule has 136 valence electrons. The van der Waals surface area contributed by atoms with E-state index in [2.05, 4.69) is 42.6 Å². The molecule has 0 heterocycles. The Morgan fingerprint density at radius 1 is 0.808 bits per heavy atom. The van der Waals surface area contributed by atoms with Crippen molar-refractivity contribution in [2.75, 3.05) is 0 Å². The highest BCUT2D eigenvalue weighted by atomic mass is 35.5. The van der Waals surface area contributed by atoms with Crippen molar-refractivity contribution in [1.82, 2.24) is 5.32 Å². The van der Waals surface area contributed by atoms with Crippen LogP contribution in [0.2, 0.25) is 0 Å². The maximum atomic E-state index is 12.9. The molecule has 0 aliphatic rings. The van der Waals surface area contributed by atoms with Gasteiger partial charge in [0.1, 0.15) is 18.2 Å². The lowest BCUT2D eigenvalue weighted by Crippen LogP contribution is -2.12. The Balaban J connectivity index is 0.00000243. The van der Waals surface area contributed by atoms with Crippen molar-refractivity contribution in [2.45, 2.75) is 26.6 Å². The van der Waals surface area contributed by atoms with Gasteiger partial charge in [-0.3, -0.25) is 0 Å². The number of hydrogen-bond donors (Lipinski definition) is 1. The summed E-state index contributed by atoms with van der Waals surface area (Å²) in [7, 11) is 0. The van der Waals surface area contributed by atoms with Crippen LogP contribution in [-0.4, -0.2) is 0 Å². The first-order valence-electron chi connectivity index (χ1n) is 8.41. The van der Waals surface area contributed by atoms with E-state index < -0.39 is 0 Å². The van der Waals surface area contributed by atoms with E-state index in [9.17, 15) is 4.39 Å². The van der Waals surface area contributed by atoms with Gasteiger partial charge in [0, 0.05) is 13.1 Å². The summed E-state index contributed by atoms with van der Waals surface area (Å²) in [6, 6.07) is 22.9. The predicted octanol–water partition coefficient (Wildman–Crippen LogP) is 5.42. The molecule has 1 N–H and O–H groups in total. The molecule has 4 heteroatoms. The molecule has 0 bridgehead atoms. The molecule has 0 aliphatic heterocycles. The summed E-state index contributed by atoms with van der Waals surface area (Å²) in [5, 5.41) is 3.45. The average molecular weight is 372 g/mol. The van der Waals surface area contributed by atoms with Crippen LogP contribution in [0.15, 0.2) is 72.8 Å². The fourth-order valence-electron chi connectivity index (χ4n) is 2.55. The zero-order valence-corrected chi connectivity index (χ0v) is 15.6. The summed E-state index contributed by atoms with van der Waals surface area (Å²) in [5.41, 5.74) is 4.66. The van der Waals surface area contributed by atoms with E-state index in [1.807, 2.05) is 18.2 Å². The average Bonchev–Trinajstić information content (AvgIpc) is 2.63. The monoisotopic (exact) mass is 371 g/mol. The van der Waals surface area contributed by atoms with Gasteiger partial charge in [0.25, 0.3) is 0 Å². The van der Waals surface area contributed by atoms with Crippen molar-refractivity contribution >= 4 is 12.4 Å². The third-order valence-electron chi connectivity index (χ3n) is 4.00. The van der Waals surface area contributed by atoms with Crippen molar-refractivity contribution in [1.29, 1.82) is 0 Å². The molecule has 0 radical (unpaired) electrons. The van der Waals surface area contributed by atoms with Gasteiger partial charge in [0.2, 0.25) is 0 Å². The summed E-state index contributed by atoms with van der Waals surface area (Å²) < 4.78 is 18.7. The lowest BCUT2D eigenvalue weighted by atomic mass is 10.1. The van der Waals surface area contributed by atoms with E-state index in [-0.39, 0.29) is 18.2 Å². The van der Waals surface area contributed by atoms with Crippen LogP contribution >= 0.6 is 12.4 Å². The number of nitrogens with one attached hydrogen (secondary N) is 1. The lowest BCUT2D eigenvalue weighted by molar-refractivity contribution is 0.305. The van der Waals surface area contributed by atoms with Gasteiger partial charge in [0.15, 0.2) is 0 Å². The molecule has 0 aromatic heterocycles. The lowest BCUT2D eigenvalue weighted by Gasteiger charge is -2.09. The van der Waals surface area contributed by atoms with Gasteiger partial charge in [-0.05, 0) is 47.9 Å². The first-order valence-corrected chi connectivity index (χ1v) is 8.41. The Bertz CT molecular complexity index is 803. The van der Waals surface area contributed by atoms with E-state index in [4.69, 9.17) is 4.74 Å². The molecule has 2 nitrogen and oxygen atoms in total. The van der Waals surface area contributed by atoms with Crippen LogP contribution in [0.25, 0.3) is 0 Å². The molecule has 0 amide bonds. The van der Waals surface area contributed by atoms with E-state index in [0.29, 0.717) is 6.61 Å². The number of halogens is 2. The first-order chi connectivity index (χ1) is 12.2. The van der Waals surface area contributed by atoms with Crippen molar-refractivity contribution in [2.24, 2.45) is 0 Å². The van der Waals surface area contributed by atoms with E-state index in [0.717, 1.165) is 24.4 Å². The smallest absolute Gasteiger partial charge is 0.123 e. The topological polar surface area (TPSA) is 21.3 Å². The minimum Gasteiger partial charge on any atom is -0.489 e. The highest BCUT2D eigenvalue weighted by molar-refractivity contribution is 5.85. The molecule has 3 aromatic rings. The Hall–Kier alpha value is -2.36. The summed E-state index contributed by atoms with van der Waals surface area (Å²) >= 11 is 0. The fourth-order valence-corrected chi connectivity index (χ4v) is 2.55. The van der Waals surface area contributed by atoms with E-state index >= 15 is 0 Å². The quantitative estimate of drug-likeness (QED) is 0.598. The number of hydrogen-bond acceptors (Lipinski definition) is 2. The van der Waals surface area contributed by atoms with Gasteiger partial charge in [0.05, 0.1) is 0 Å². The Morgan fingerprint density at radius 3 is 2.19 bits per heavy atom. The van der Waals surface area contributed by atoms with Gasteiger partial charge >= 0.3 is 0 Å². The molecular weight excluding hydrogens is 349 g/mol. The largest absolute Gasteiger partial charge is 0.489 e. The molecule has 3 aromatic carbocycles. The zero-order chi connectivity index (χ0) is 17.5. The minimum absolute atomic E-state index is 0. The third-order valence-corrected chi connectivity index (χ3v) is 4.00. The molecule has 0 fully saturated rings. The van der Waals surface area contributed by atoms with Gasteiger partial charge < -0.3 is 10.1 Å². The van der Waals surface area contributed by atoms with Gasteiger partial charge in [-0.25, -0.2) is 4.39 Å². The second-order valence-electron chi connectivity index (χ2n) is 6.15. The number of ether oxygens (including phenoxy) is 1. The maximum absolute atomic E-state index is 12.9. The SMILES string of the molecule is Cc1ccc(CNCc2cccc(OCc3ccc(F)cc3)c2)cc1.Cl. The second kappa shape index (κ2) is 9.95. The van der Waals surface area contributed by atoms with Crippen LogP contribution in [0.3, 0.4) is 0 Å². The molecule has 0 saturated heterocycles. The Kier molecular flexibility index (Phi) is 7.64. The summed E-state index contributed by atoms with van der Waals surface area (Å²) in [4.78, 5) is 0. The standard InChI is InChI=1S/C22H22FNO.ClH/c1-17-5-7-18(8-6-17)14-24-15-20-3-2-4-22(13-20)25-16-19-9-11-21(23)12-10-19;/h2-13,24H,14-16H2,1H3;1H. The van der Waals surface area contributed by atoms with Crippen LogP contribution in [0.5, 0.6) is 5.75 Å². The maximum Gasteiger partial charge on any atom is 0.123 e. The van der Waals surface area contributed by atoms with E-state index in [1.54, 1.807) is 12.1 Å². The molecular formula is C22H23ClFNO. The molecule has 0 spiro atoms. The molecule has 3 rings (SSSR count). The molecule has 0 aliphatic carbocycles. The normalized spacial score (nSPS) is 10.2. The predicted molar refractivity (Wildman–Crippen MR) is 106 cm³/mol. The van der Waals surface area contributed by atoms with Crippen LogP contribution in [0.4, 0.5) is 4.39 Å². The highest BCUT2D eigenvalue weighted by Gasteiger charge is 2.00. The van der Waals surface area contributed by atoms with Crippen LogP contribution in [-0.2, 0) is 19.7 Å². The van der Waals surface area contributed by atoms with Gasteiger partial charge in [-0.2, -0.15) is 0 Å². The molecule has 0 atom stereocenters. The summed E-state index contributed by atoms with van der Waals surface area (Å²) in [6.45, 7) is 4.14. The molecule has 26 heavy (non-hydrogen) atoms. The van der Waals surface area contributed by atoms with E-state index in [1.165, 1.54) is 28.8 Å². The van der Waals surface area contributed by atoms with Gasteiger partial charge in [-0.1, -0.05) is 54.1 Å². The van der Waals surface area contributed by atoms with Crippen LogP contribution in [0.1, 0.15) is 22.3 Å². The first kappa shape index (κ1) is 20.0. The second-order valence-corrected chi connectivity index (χ2v) is 6.15. The minimum atomic E-state index is -0.231. The van der Waals surface area contributed by atoms with Crippen molar-refractivity contribution in [3.8, 4) is 5.75 Å². The molecule has 0 unspecified atom stereocenters. The van der Waals surface area contributed by atoms with Crippen molar-refractivity contribution in [3.63, 3.8) is 0 Å². The summed E-state index contributed by atoms with van der Waals surface area (Å²) in [5.74, 6) is 0.587. The zero-order valence-electron chi connectivity index (χ0n) is 14.7. The Morgan fingerprint density at radius 2 is 1.46 bits per heavy atom. The van der Waals surface area contributed by atoms with Crippen LogP contribution < -0.4 is 10.1 Å². The van der Waals surface area contributed by atoms with Gasteiger partial charge in [-0.15, -0.1) is 12.4 Å².